The molecule has 0 radical (unpaired) electrons. The van der Waals surface area contributed by atoms with Gasteiger partial charge in [-0.1, -0.05) is 36.4 Å². The van der Waals surface area contributed by atoms with Crippen molar-refractivity contribution in [2.45, 2.75) is 6.04 Å². The average molecular weight is 289 g/mol. The summed E-state index contributed by atoms with van der Waals surface area (Å²) < 4.78 is 13.6. The van der Waals surface area contributed by atoms with Crippen LogP contribution in [0.5, 0.6) is 5.75 Å². The predicted molar refractivity (Wildman–Crippen MR) is 72.3 cm³/mol. The second kappa shape index (κ2) is 6.04. The number of phenols is 1. The number of rotatable bonds is 4. The van der Waals surface area contributed by atoms with Gasteiger partial charge in [-0.25, -0.2) is 9.18 Å². The highest BCUT2D eigenvalue weighted by Gasteiger charge is 2.25. The molecular weight excluding hydrogens is 277 g/mol. The molecule has 108 valence electrons. The number of aromatic hydroxyl groups is 1. The Kier molecular flexibility index (Phi) is 4.18. The van der Waals surface area contributed by atoms with Crippen molar-refractivity contribution in [2.24, 2.45) is 0 Å². The maximum Gasteiger partial charge on any atom is 0.330 e. The predicted octanol–water partition coefficient (Wildman–Crippen LogP) is 2.09. The number of benzene rings is 2. The first kappa shape index (κ1) is 14.5. The first-order valence-electron chi connectivity index (χ1n) is 6.07. The highest BCUT2D eigenvalue weighted by Crippen LogP contribution is 2.21. The van der Waals surface area contributed by atoms with Gasteiger partial charge in [-0.05, 0) is 17.7 Å². The highest BCUT2D eigenvalue weighted by molar-refractivity contribution is 5.99. The zero-order chi connectivity index (χ0) is 15.4. The summed E-state index contributed by atoms with van der Waals surface area (Å²) in [5.41, 5.74) is -0.242. The number of amides is 1. The molecule has 0 bridgehead atoms. The molecule has 21 heavy (non-hydrogen) atoms. The van der Waals surface area contributed by atoms with E-state index in [-0.39, 0.29) is 0 Å². The van der Waals surface area contributed by atoms with Crippen molar-refractivity contribution in [1.29, 1.82) is 0 Å². The Morgan fingerprint density at radius 3 is 2.29 bits per heavy atom. The minimum atomic E-state index is -1.34. The van der Waals surface area contributed by atoms with Crippen LogP contribution in [0.4, 0.5) is 4.39 Å². The number of carbonyl (C=O) groups excluding carboxylic acids is 1. The zero-order valence-corrected chi connectivity index (χ0v) is 10.8. The van der Waals surface area contributed by atoms with Gasteiger partial charge >= 0.3 is 5.97 Å². The lowest BCUT2D eigenvalue weighted by Gasteiger charge is -2.15. The van der Waals surface area contributed by atoms with Gasteiger partial charge in [-0.3, -0.25) is 4.79 Å². The maximum atomic E-state index is 13.6. The number of carboxylic acids is 1. The molecule has 0 heterocycles. The Morgan fingerprint density at radius 2 is 1.71 bits per heavy atom. The van der Waals surface area contributed by atoms with E-state index < -0.39 is 35.0 Å². The number of aliphatic carboxylic acids is 1. The van der Waals surface area contributed by atoms with E-state index in [1.54, 1.807) is 18.2 Å². The summed E-state index contributed by atoms with van der Waals surface area (Å²) in [7, 11) is 0. The van der Waals surface area contributed by atoms with Gasteiger partial charge in [-0.15, -0.1) is 0 Å². The number of hydrogen-bond acceptors (Lipinski definition) is 3. The molecule has 0 saturated heterocycles. The fraction of sp³-hybridized carbons (Fsp3) is 0.0667. The van der Waals surface area contributed by atoms with Crippen LogP contribution in [-0.4, -0.2) is 22.1 Å². The Bertz CT molecular complexity index is 652. The van der Waals surface area contributed by atoms with Crippen LogP contribution in [0.2, 0.25) is 0 Å². The monoisotopic (exact) mass is 289 g/mol. The molecule has 1 atom stereocenters. The maximum absolute atomic E-state index is 13.6. The number of halogens is 1. The molecule has 0 aliphatic heterocycles. The molecule has 0 aliphatic carbocycles. The van der Waals surface area contributed by atoms with E-state index in [0.29, 0.717) is 5.56 Å². The van der Waals surface area contributed by atoms with E-state index in [1.807, 2.05) is 0 Å². The quantitative estimate of drug-likeness (QED) is 0.804. The van der Waals surface area contributed by atoms with E-state index in [2.05, 4.69) is 5.32 Å². The molecule has 0 spiro atoms. The van der Waals surface area contributed by atoms with Crippen molar-refractivity contribution < 1.29 is 24.2 Å². The first-order chi connectivity index (χ1) is 10.0. The molecule has 2 aromatic rings. The highest BCUT2D eigenvalue weighted by atomic mass is 19.1. The summed E-state index contributed by atoms with van der Waals surface area (Å²) in [6.07, 6.45) is 0. The SMILES string of the molecule is O=C(N[C@H](C(=O)O)c1ccccc1)c1c(O)cccc1F. The van der Waals surface area contributed by atoms with Gasteiger partial charge in [0.15, 0.2) is 6.04 Å². The fourth-order valence-electron chi connectivity index (χ4n) is 1.87. The molecule has 2 rings (SSSR count). The van der Waals surface area contributed by atoms with Gasteiger partial charge in [0, 0.05) is 0 Å². The van der Waals surface area contributed by atoms with Crippen LogP contribution in [0.1, 0.15) is 22.0 Å². The van der Waals surface area contributed by atoms with Crippen molar-refractivity contribution in [3.8, 4) is 5.75 Å². The van der Waals surface area contributed by atoms with Crippen LogP contribution < -0.4 is 5.32 Å². The molecule has 1 amide bonds. The summed E-state index contributed by atoms with van der Waals surface area (Å²) in [6.45, 7) is 0. The van der Waals surface area contributed by atoms with Crippen LogP contribution in [0.15, 0.2) is 48.5 Å². The van der Waals surface area contributed by atoms with Crippen LogP contribution in [-0.2, 0) is 4.79 Å². The summed E-state index contributed by atoms with van der Waals surface area (Å²) in [5.74, 6) is -3.76. The minimum Gasteiger partial charge on any atom is -0.507 e. The van der Waals surface area contributed by atoms with E-state index >= 15 is 0 Å². The van der Waals surface area contributed by atoms with E-state index in [0.717, 1.165) is 12.1 Å². The molecule has 0 fully saturated rings. The molecule has 0 aromatic heterocycles. The van der Waals surface area contributed by atoms with Crippen molar-refractivity contribution in [3.63, 3.8) is 0 Å². The van der Waals surface area contributed by atoms with Gasteiger partial charge in [0.2, 0.25) is 0 Å². The standard InChI is InChI=1S/C15H12FNO4/c16-10-7-4-8-11(18)12(10)14(19)17-13(15(20)21)9-5-2-1-3-6-9/h1-8,13,18H,(H,17,19)(H,20,21)/t13-/m0/s1. The molecule has 3 N–H and O–H groups in total. The lowest BCUT2D eigenvalue weighted by Crippen LogP contribution is -2.34. The Morgan fingerprint density at radius 1 is 1.05 bits per heavy atom. The number of hydrogen-bond donors (Lipinski definition) is 3. The lowest BCUT2D eigenvalue weighted by molar-refractivity contribution is -0.139. The van der Waals surface area contributed by atoms with Gasteiger partial charge < -0.3 is 15.5 Å². The number of carboxylic acid groups (broad SMARTS) is 1. The van der Waals surface area contributed by atoms with Crippen LogP contribution >= 0.6 is 0 Å². The zero-order valence-electron chi connectivity index (χ0n) is 10.8. The molecule has 0 unspecified atom stereocenters. The second-order valence-corrected chi connectivity index (χ2v) is 4.29. The van der Waals surface area contributed by atoms with Gasteiger partial charge in [0.1, 0.15) is 17.1 Å². The third-order valence-electron chi connectivity index (χ3n) is 2.87. The Labute approximate surface area is 119 Å². The second-order valence-electron chi connectivity index (χ2n) is 4.29. The topological polar surface area (TPSA) is 86.6 Å². The van der Waals surface area contributed by atoms with Crippen LogP contribution in [0.25, 0.3) is 0 Å². The van der Waals surface area contributed by atoms with Crippen LogP contribution in [0, 0.1) is 5.82 Å². The molecule has 5 nitrogen and oxygen atoms in total. The normalized spacial score (nSPS) is 11.7. The lowest BCUT2D eigenvalue weighted by atomic mass is 10.1. The minimum absolute atomic E-state index is 0.342. The van der Waals surface area contributed by atoms with E-state index in [4.69, 9.17) is 0 Å². The summed E-state index contributed by atoms with van der Waals surface area (Å²) in [6, 6.07) is 10.1. The average Bonchev–Trinajstić information content (AvgIpc) is 2.45. The Hall–Kier alpha value is -2.89. The Balaban J connectivity index is 2.30. The van der Waals surface area contributed by atoms with Crippen LogP contribution in [0.3, 0.4) is 0 Å². The summed E-state index contributed by atoms with van der Waals surface area (Å²) >= 11 is 0. The third kappa shape index (κ3) is 3.17. The van der Waals surface area contributed by atoms with Crippen molar-refractivity contribution in [3.05, 3.63) is 65.5 Å². The van der Waals surface area contributed by atoms with E-state index in [1.165, 1.54) is 18.2 Å². The fourth-order valence-corrected chi connectivity index (χ4v) is 1.87. The van der Waals surface area contributed by atoms with Crippen molar-refractivity contribution >= 4 is 11.9 Å². The smallest absolute Gasteiger partial charge is 0.330 e. The van der Waals surface area contributed by atoms with Gasteiger partial charge in [0.25, 0.3) is 5.91 Å². The molecule has 2 aromatic carbocycles. The van der Waals surface area contributed by atoms with Crippen molar-refractivity contribution in [2.75, 3.05) is 0 Å². The molecule has 0 saturated carbocycles. The largest absolute Gasteiger partial charge is 0.507 e. The number of carbonyl (C=O) groups is 2. The summed E-state index contributed by atoms with van der Waals surface area (Å²) in [4.78, 5) is 23.3. The number of phenolic OH excluding ortho intramolecular Hbond substituents is 1. The third-order valence-corrected chi connectivity index (χ3v) is 2.87. The van der Waals surface area contributed by atoms with Gasteiger partial charge in [0.05, 0.1) is 0 Å². The van der Waals surface area contributed by atoms with Crippen molar-refractivity contribution in [1.82, 2.24) is 5.32 Å². The summed E-state index contributed by atoms with van der Waals surface area (Å²) in [5, 5.41) is 20.9. The van der Waals surface area contributed by atoms with Gasteiger partial charge in [-0.2, -0.15) is 0 Å². The molecular formula is C15H12FNO4. The number of nitrogens with one attached hydrogen (secondary N) is 1. The first-order valence-corrected chi connectivity index (χ1v) is 6.07. The molecule has 0 aliphatic rings. The van der Waals surface area contributed by atoms with E-state index in [9.17, 15) is 24.2 Å². The molecule has 6 heteroatoms.